The van der Waals surface area contributed by atoms with E-state index in [9.17, 15) is 4.79 Å². The number of carbonyl (C=O) groups is 1. The number of amides is 1. The van der Waals surface area contributed by atoms with Gasteiger partial charge in [-0.25, -0.2) is 9.97 Å². The highest BCUT2D eigenvalue weighted by molar-refractivity contribution is 6.31. The fourth-order valence-corrected chi connectivity index (χ4v) is 2.50. The first kappa shape index (κ1) is 18.6. The van der Waals surface area contributed by atoms with E-state index in [1.807, 2.05) is 19.1 Å². The van der Waals surface area contributed by atoms with Gasteiger partial charge in [0.2, 0.25) is 5.95 Å². The molecule has 0 aliphatic carbocycles. The van der Waals surface area contributed by atoms with Crippen LogP contribution in [0.5, 0.6) is 5.75 Å². The second-order valence-electron chi connectivity index (χ2n) is 5.77. The molecule has 0 bridgehead atoms. The van der Waals surface area contributed by atoms with E-state index < -0.39 is 0 Å². The molecule has 0 aliphatic heterocycles. The summed E-state index contributed by atoms with van der Waals surface area (Å²) in [5.74, 6) is 0.568. The van der Waals surface area contributed by atoms with Gasteiger partial charge < -0.3 is 15.4 Å². The molecule has 0 aliphatic rings. The minimum absolute atomic E-state index is 0.330. The van der Waals surface area contributed by atoms with Crippen molar-refractivity contribution in [2.24, 2.45) is 0 Å². The molecule has 0 spiro atoms. The number of nitrogens with one attached hydrogen (secondary N) is 2. The van der Waals surface area contributed by atoms with E-state index in [1.54, 1.807) is 24.5 Å². The van der Waals surface area contributed by atoms with E-state index in [-0.39, 0.29) is 5.91 Å². The standard InChI is InChI=1S/C19H18ClN5O2/c1-12-6-16(17(27-2)7-15(12)20)25-18(26)14-10-23-19(24-11-14)22-9-13-4-3-5-21-8-13/h3-8,10-11H,9H2,1-2H3,(H,25,26)(H,22,23,24). The smallest absolute Gasteiger partial charge is 0.258 e. The maximum atomic E-state index is 12.5. The van der Waals surface area contributed by atoms with Crippen molar-refractivity contribution in [1.29, 1.82) is 0 Å². The molecule has 3 rings (SSSR count). The maximum absolute atomic E-state index is 12.5. The Morgan fingerprint density at radius 3 is 2.67 bits per heavy atom. The van der Waals surface area contributed by atoms with E-state index in [4.69, 9.17) is 16.3 Å². The summed E-state index contributed by atoms with van der Waals surface area (Å²) in [5, 5.41) is 6.44. The third-order valence-corrected chi connectivity index (χ3v) is 4.22. The Morgan fingerprint density at radius 1 is 1.22 bits per heavy atom. The lowest BCUT2D eigenvalue weighted by atomic mass is 10.2. The van der Waals surface area contributed by atoms with Crippen molar-refractivity contribution in [2.45, 2.75) is 13.5 Å². The number of pyridine rings is 1. The summed E-state index contributed by atoms with van der Waals surface area (Å²) >= 11 is 6.09. The Labute approximate surface area is 161 Å². The van der Waals surface area contributed by atoms with Gasteiger partial charge in [0, 0.05) is 42.4 Å². The second-order valence-corrected chi connectivity index (χ2v) is 6.17. The fraction of sp³-hybridized carbons (Fsp3) is 0.158. The fourth-order valence-electron chi connectivity index (χ4n) is 2.34. The molecule has 2 heterocycles. The van der Waals surface area contributed by atoms with Gasteiger partial charge in [-0.1, -0.05) is 17.7 Å². The van der Waals surface area contributed by atoms with Crippen LogP contribution < -0.4 is 15.4 Å². The van der Waals surface area contributed by atoms with Crippen LogP contribution in [0.3, 0.4) is 0 Å². The van der Waals surface area contributed by atoms with Crippen molar-refractivity contribution in [1.82, 2.24) is 15.0 Å². The topological polar surface area (TPSA) is 89.0 Å². The van der Waals surface area contributed by atoms with Crippen LogP contribution in [0.2, 0.25) is 5.02 Å². The molecule has 2 N–H and O–H groups in total. The predicted molar refractivity (Wildman–Crippen MR) is 104 cm³/mol. The van der Waals surface area contributed by atoms with Gasteiger partial charge in [-0.05, 0) is 30.2 Å². The van der Waals surface area contributed by atoms with Crippen molar-refractivity contribution >= 4 is 29.1 Å². The van der Waals surface area contributed by atoms with Crippen molar-refractivity contribution in [3.8, 4) is 5.75 Å². The molecule has 0 saturated carbocycles. The van der Waals surface area contributed by atoms with Gasteiger partial charge >= 0.3 is 0 Å². The first-order valence-corrected chi connectivity index (χ1v) is 8.55. The number of nitrogens with zero attached hydrogens (tertiary/aromatic N) is 3. The Balaban J connectivity index is 1.66. The molecular formula is C19H18ClN5O2. The monoisotopic (exact) mass is 383 g/mol. The normalized spacial score (nSPS) is 10.3. The van der Waals surface area contributed by atoms with E-state index in [0.717, 1.165) is 11.1 Å². The zero-order valence-electron chi connectivity index (χ0n) is 14.9. The summed E-state index contributed by atoms with van der Waals surface area (Å²) in [6.45, 7) is 2.39. The zero-order chi connectivity index (χ0) is 19.2. The lowest BCUT2D eigenvalue weighted by molar-refractivity contribution is 0.102. The predicted octanol–water partition coefficient (Wildman–Crippen LogP) is 3.71. The molecule has 3 aromatic rings. The van der Waals surface area contributed by atoms with Gasteiger partial charge in [0.15, 0.2) is 0 Å². The van der Waals surface area contributed by atoms with Crippen molar-refractivity contribution in [2.75, 3.05) is 17.7 Å². The van der Waals surface area contributed by atoms with Crippen LogP contribution in [-0.4, -0.2) is 28.0 Å². The molecule has 7 nitrogen and oxygen atoms in total. The summed E-state index contributed by atoms with van der Waals surface area (Å²) in [6.07, 6.45) is 6.40. The summed E-state index contributed by atoms with van der Waals surface area (Å²) in [4.78, 5) is 24.9. The van der Waals surface area contributed by atoms with Crippen LogP contribution in [0, 0.1) is 6.92 Å². The molecule has 2 aromatic heterocycles. The molecule has 0 unspecified atom stereocenters. The third-order valence-electron chi connectivity index (χ3n) is 3.82. The number of aryl methyl sites for hydroxylation is 1. The molecule has 0 radical (unpaired) electrons. The number of carbonyl (C=O) groups excluding carboxylic acids is 1. The number of methoxy groups -OCH3 is 1. The van der Waals surface area contributed by atoms with E-state index in [2.05, 4.69) is 25.6 Å². The quantitative estimate of drug-likeness (QED) is 0.674. The summed E-state index contributed by atoms with van der Waals surface area (Å²) in [7, 11) is 1.52. The molecule has 0 saturated heterocycles. The van der Waals surface area contributed by atoms with Gasteiger partial charge in [-0.3, -0.25) is 9.78 Å². The highest BCUT2D eigenvalue weighted by atomic mass is 35.5. The Bertz CT molecular complexity index is 933. The van der Waals surface area contributed by atoms with Gasteiger partial charge in [0.1, 0.15) is 5.75 Å². The number of rotatable bonds is 6. The third kappa shape index (κ3) is 4.71. The molecular weight excluding hydrogens is 366 g/mol. The average Bonchev–Trinajstić information content (AvgIpc) is 2.70. The summed E-state index contributed by atoms with van der Waals surface area (Å²) in [5.41, 5.74) is 2.70. The molecule has 0 atom stereocenters. The Morgan fingerprint density at radius 2 is 2.00 bits per heavy atom. The van der Waals surface area contributed by atoms with Crippen molar-refractivity contribution in [3.63, 3.8) is 0 Å². The summed E-state index contributed by atoms with van der Waals surface area (Å²) < 4.78 is 5.27. The molecule has 138 valence electrons. The SMILES string of the molecule is COc1cc(Cl)c(C)cc1NC(=O)c1cnc(NCc2cccnc2)nc1. The van der Waals surface area contributed by atoms with E-state index >= 15 is 0 Å². The van der Waals surface area contributed by atoms with E-state index in [1.165, 1.54) is 19.5 Å². The van der Waals surface area contributed by atoms with Crippen LogP contribution in [0.15, 0.2) is 49.1 Å². The van der Waals surface area contributed by atoms with E-state index in [0.29, 0.717) is 34.5 Å². The largest absolute Gasteiger partial charge is 0.495 e. The highest BCUT2D eigenvalue weighted by Gasteiger charge is 2.13. The van der Waals surface area contributed by atoms with Crippen LogP contribution in [0.4, 0.5) is 11.6 Å². The number of ether oxygens (including phenoxy) is 1. The van der Waals surface area contributed by atoms with Gasteiger partial charge in [0.05, 0.1) is 18.4 Å². The van der Waals surface area contributed by atoms with Gasteiger partial charge in [-0.15, -0.1) is 0 Å². The molecule has 1 amide bonds. The highest BCUT2D eigenvalue weighted by Crippen LogP contribution is 2.31. The maximum Gasteiger partial charge on any atom is 0.258 e. The average molecular weight is 384 g/mol. The molecule has 8 heteroatoms. The first-order chi connectivity index (χ1) is 13.1. The van der Waals surface area contributed by atoms with Gasteiger partial charge in [-0.2, -0.15) is 0 Å². The van der Waals surface area contributed by atoms with Crippen molar-refractivity contribution < 1.29 is 9.53 Å². The summed E-state index contributed by atoms with van der Waals surface area (Å²) in [6, 6.07) is 7.22. The van der Waals surface area contributed by atoms with Crippen LogP contribution in [0.1, 0.15) is 21.5 Å². The van der Waals surface area contributed by atoms with Crippen LogP contribution in [-0.2, 0) is 6.54 Å². The number of halogens is 1. The molecule has 1 aromatic carbocycles. The number of aromatic nitrogens is 3. The lowest BCUT2D eigenvalue weighted by Gasteiger charge is -2.12. The minimum Gasteiger partial charge on any atom is -0.495 e. The molecule has 27 heavy (non-hydrogen) atoms. The Hall–Kier alpha value is -3.19. The number of anilines is 2. The minimum atomic E-state index is -0.339. The molecule has 0 fully saturated rings. The van der Waals surface area contributed by atoms with Gasteiger partial charge in [0.25, 0.3) is 5.91 Å². The lowest BCUT2D eigenvalue weighted by Crippen LogP contribution is -2.14. The second kappa shape index (κ2) is 8.46. The number of hydrogen-bond donors (Lipinski definition) is 2. The van der Waals surface area contributed by atoms with Crippen LogP contribution >= 0.6 is 11.6 Å². The number of benzene rings is 1. The number of hydrogen-bond acceptors (Lipinski definition) is 6. The zero-order valence-corrected chi connectivity index (χ0v) is 15.6. The Kier molecular flexibility index (Phi) is 5.83. The van der Waals surface area contributed by atoms with Crippen molar-refractivity contribution in [3.05, 3.63) is 70.8 Å². The van der Waals surface area contributed by atoms with Crippen LogP contribution in [0.25, 0.3) is 0 Å². The first-order valence-electron chi connectivity index (χ1n) is 8.17.